The Morgan fingerprint density at radius 1 is 1.28 bits per heavy atom. The van der Waals surface area contributed by atoms with Gasteiger partial charge in [-0.1, -0.05) is 6.07 Å². The van der Waals surface area contributed by atoms with Crippen LogP contribution in [-0.2, 0) is 4.74 Å². The van der Waals surface area contributed by atoms with Gasteiger partial charge in [-0.15, -0.1) is 0 Å². The van der Waals surface area contributed by atoms with E-state index in [1.807, 2.05) is 19.9 Å². The summed E-state index contributed by atoms with van der Waals surface area (Å²) in [5.41, 5.74) is 9.17. The number of anilines is 1. The SMILES string of the molecule is Cc1cc(C)c(C(=O)NC2CCOCC2)cc1N. The zero-order valence-electron chi connectivity index (χ0n) is 11.0. The number of hydrogen-bond acceptors (Lipinski definition) is 3. The van der Waals surface area contributed by atoms with Crippen LogP contribution in [0, 0.1) is 13.8 Å². The summed E-state index contributed by atoms with van der Waals surface area (Å²) in [5, 5.41) is 3.05. The van der Waals surface area contributed by atoms with Gasteiger partial charge in [0.05, 0.1) is 0 Å². The number of nitrogen functional groups attached to an aromatic ring is 1. The minimum atomic E-state index is -0.0360. The van der Waals surface area contributed by atoms with Crippen LogP contribution >= 0.6 is 0 Å². The van der Waals surface area contributed by atoms with E-state index in [0.29, 0.717) is 11.3 Å². The Morgan fingerprint density at radius 2 is 1.94 bits per heavy atom. The van der Waals surface area contributed by atoms with Gasteiger partial charge in [-0.05, 0) is 43.9 Å². The van der Waals surface area contributed by atoms with Gasteiger partial charge in [0.2, 0.25) is 0 Å². The van der Waals surface area contributed by atoms with Crippen LogP contribution in [-0.4, -0.2) is 25.2 Å². The molecule has 18 heavy (non-hydrogen) atoms. The fourth-order valence-corrected chi connectivity index (χ4v) is 2.22. The number of carbonyl (C=O) groups is 1. The Hall–Kier alpha value is -1.55. The van der Waals surface area contributed by atoms with Crippen LogP contribution in [0.5, 0.6) is 0 Å². The van der Waals surface area contributed by atoms with E-state index in [0.717, 1.165) is 37.2 Å². The molecule has 1 aliphatic heterocycles. The molecule has 1 saturated heterocycles. The molecule has 1 aromatic carbocycles. The molecule has 1 amide bonds. The van der Waals surface area contributed by atoms with Gasteiger partial charge in [-0.3, -0.25) is 4.79 Å². The minimum Gasteiger partial charge on any atom is -0.398 e. The van der Waals surface area contributed by atoms with Crippen LogP contribution < -0.4 is 11.1 Å². The summed E-state index contributed by atoms with van der Waals surface area (Å²) in [6, 6.07) is 3.93. The third-order valence-corrected chi connectivity index (χ3v) is 3.41. The van der Waals surface area contributed by atoms with Crippen molar-refractivity contribution in [3.05, 3.63) is 28.8 Å². The third kappa shape index (κ3) is 2.82. The summed E-state index contributed by atoms with van der Waals surface area (Å²) < 4.78 is 5.27. The molecule has 3 N–H and O–H groups in total. The van der Waals surface area contributed by atoms with E-state index in [4.69, 9.17) is 10.5 Å². The normalized spacial score (nSPS) is 16.6. The van der Waals surface area contributed by atoms with Crippen LogP contribution in [0.1, 0.15) is 34.3 Å². The summed E-state index contributed by atoms with van der Waals surface area (Å²) >= 11 is 0. The summed E-state index contributed by atoms with van der Waals surface area (Å²) in [6.45, 7) is 5.33. The van der Waals surface area contributed by atoms with Crippen molar-refractivity contribution in [2.24, 2.45) is 0 Å². The molecule has 4 nitrogen and oxygen atoms in total. The highest BCUT2D eigenvalue weighted by molar-refractivity contribution is 5.96. The Kier molecular flexibility index (Phi) is 3.87. The van der Waals surface area contributed by atoms with Gasteiger partial charge in [0, 0.05) is 30.5 Å². The van der Waals surface area contributed by atoms with Gasteiger partial charge in [-0.25, -0.2) is 0 Å². The first-order valence-corrected chi connectivity index (χ1v) is 6.33. The molecule has 0 aliphatic carbocycles. The highest BCUT2D eigenvalue weighted by Crippen LogP contribution is 2.18. The number of hydrogen-bond donors (Lipinski definition) is 2. The standard InChI is InChI=1S/C14H20N2O2/c1-9-7-10(2)13(15)8-12(9)14(17)16-11-3-5-18-6-4-11/h7-8,11H,3-6,15H2,1-2H3,(H,16,17). The summed E-state index contributed by atoms with van der Waals surface area (Å²) in [6.07, 6.45) is 1.76. The Bertz CT molecular complexity index is 451. The van der Waals surface area contributed by atoms with Crippen LogP contribution in [0.4, 0.5) is 5.69 Å². The van der Waals surface area contributed by atoms with Crippen molar-refractivity contribution in [2.75, 3.05) is 18.9 Å². The maximum atomic E-state index is 12.2. The van der Waals surface area contributed by atoms with Gasteiger partial charge in [-0.2, -0.15) is 0 Å². The Morgan fingerprint density at radius 3 is 2.61 bits per heavy atom. The van der Waals surface area contributed by atoms with Crippen LogP contribution in [0.3, 0.4) is 0 Å². The van der Waals surface area contributed by atoms with Crippen molar-refractivity contribution < 1.29 is 9.53 Å². The second kappa shape index (κ2) is 5.40. The van der Waals surface area contributed by atoms with E-state index in [-0.39, 0.29) is 11.9 Å². The predicted molar refractivity (Wildman–Crippen MR) is 71.6 cm³/mol. The topological polar surface area (TPSA) is 64.3 Å². The molecule has 0 saturated carbocycles. The van der Waals surface area contributed by atoms with Crippen LogP contribution in [0.2, 0.25) is 0 Å². The van der Waals surface area contributed by atoms with Crippen molar-refractivity contribution in [3.63, 3.8) is 0 Å². The summed E-state index contributed by atoms with van der Waals surface area (Å²) in [7, 11) is 0. The number of aryl methyl sites for hydroxylation is 2. The van der Waals surface area contributed by atoms with Crippen molar-refractivity contribution in [1.29, 1.82) is 0 Å². The zero-order valence-corrected chi connectivity index (χ0v) is 11.0. The fourth-order valence-electron chi connectivity index (χ4n) is 2.22. The molecule has 2 rings (SSSR count). The first-order chi connectivity index (χ1) is 8.58. The summed E-state index contributed by atoms with van der Waals surface area (Å²) in [4.78, 5) is 12.2. The molecule has 0 atom stereocenters. The molecule has 1 aromatic rings. The number of ether oxygens (including phenoxy) is 1. The third-order valence-electron chi connectivity index (χ3n) is 3.41. The molecule has 0 spiro atoms. The smallest absolute Gasteiger partial charge is 0.251 e. The van der Waals surface area contributed by atoms with E-state index < -0.39 is 0 Å². The molecule has 1 fully saturated rings. The van der Waals surface area contributed by atoms with E-state index in [1.54, 1.807) is 6.07 Å². The van der Waals surface area contributed by atoms with Gasteiger partial charge in [0.1, 0.15) is 0 Å². The largest absolute Gasteiger partial charge is 0.398 e. The summed E-state index contributed by atoms with van der Waals surface area (Å²) in [5.74, 6) is -0.0360. The average Bonchev–Trinajstić information content (AvgIpc) is 2.35. The molecule has 0 bridgehead atoms. The van der Waals surface area contributed by atoms with E-state index in [2.05, 4.69) is 5.32 Å². The average molecular weight is 248 g/mol. The molecular formula is C14H20N2O2. The first-order valence-electron chi connectivity index (χ1n) is 6.33. The predicted octanol–water partition coefficient (Wildman–Crippen LogP) is 1.79. The lowest BCUT2D eigenvalue weighted by Gasteiger charge is -2.23. The minimum absolute atomic E-state index is 0.0360. The number of amides is 1. The molecule has 0 aromatic heterocycles. The molecule has 4 heteroatoms. The first kappa shape index (κ1) is 12.9. The second-order valence-corrected chi connectivity index (χ2v) is 4.88. The fraction of sp³-hybridized carbons (Fsp3) is 0.500. The number of benzene rings is 1. The van der Waals surface area contributed by atoms with Crippen molar-refractivity contribution in [2.45, 2.75) is 32.7 Å². The van der Waals surface area contributed by atoms with Gasteiger partial charge in [0.15, 0.2) is 0 Å². The number of rotatable bonds is 2. The lowest BCUT2D eigenvalue weighted by molar-refractivity contribution is 0.0696. The van der Waals surface area contributed by atoms with E-state index in [1.165, 1.54) is 0 Å². The number of carbonyl (C=O) groups excluding carboxylic acids is 1. The molecule has 98 valence electrons. The second-order valence-electron chi connectivity index (χ2n) is 4.88. The molecule has 0 radical (unpaired) electrons. The zero-order chi connectivity index (χ0) is 13.1. The molecular weight excluding hydrogens is 228 g/mol. The Balaban J connectivity index is 2.10. The van der Waals surface area contributed by atoms with Crippen molar-refractivity contribution >= 4 is 11.6 Å². The highest BCUT2D eigenvalue weighted by atomic mass is 16.5. The van der Waals surface area contributed by atoms with E-state index >= 15 is 0 Å². The lowest BCUT2D eigenvalue weighted by Crippen LogP contribution is -2.39. The van der Waals surface area contributed by atoms with E-state index in [9.17, 15) is 4.79 Å². The van der Waals surface area contributed by atoms with Crippen LogP contribution in [0.15, 0.2) is 12.1 Å². The monoisotopic (exact) mass is 248 g/mol. The number of nitrogens with two attached hydrogens (primary N) is 1. The Labute approximate surface area is 108 Å². The quantitative estimate of drug-likeness (QED) is 0.784. The van der Waals surface area contributed by atoms with Crippen LogP contribution in [0.25, 0.3) is 0 Å². The number of nitrogens with one attached hydrogen (secondary N) is 1. The van der Waals surface area contributed by atoms with Gasteiger partial charge >= 0.3 is 0 Å². The molecule has 0 unspecified atom stereocenters. The van der Waals surface area contributed by atoms with Crippen molar-refractivity contribution in [1.82, 2.24) is 5.32 Å². The van der Waals surface area contributed by atoms with Crippen molar-refractivity contribution in [3.8, 4) is 0 Å². The lowest BCUT2D eigenvalue weighted by atomic mass is 10.0. The van der Waals surface area contributed by atoms with Gasteiger partial charge in [0.25, 0.3) is 5.91 Å². The molecule has 1 aliphatic rings. The highest BCUT2D eigenvalue weighted by Gasteiger charge is 2.18. The maximum Gasteiger partial charge on any atom is 0.251 e. The van der Waals surface area contributed by atoms with Gasteiger partial charge < -0.3 is 15.8 Å². The maximum absolute atomic E-state index is 12.2. The molecule has 1 heterocycles.